The van der Waals surface area contributed by atoms with E-state index >= 15 is 0 Å². The Morgan fingerprint density at radius 3 is 2.36 bits per heavy atom. The fourth-order valence-corrected chi connectivity index (χ4v) is 3.67. The lowest BCUT2D eigenvalue weighted by atomic mass is 9.89. The summed E-state index contributed by atoms with van der Waals surface area (Å²) in [6, 6.07) is 15.4. The lowest BCUT2D eigenvalue weighted by Gasteiger charge is -2.47. The molecule has 146 valence electrons. The Morgan fingerprint density at radius 1 is 1.07 bits per heavy atom. The second-order valence-electron chi connectivity index (χ2n) is 7.27. The standard InChI is InChI=1S/C23H26N2O3/c1-16-12-17(2)14-20(13-16)28-22-21(19-8-6-18(15-24)7-9-19)25(23(22)26)10-4-5-11-27-3/h6-9,12-14,21-22H,4-5,10-11H2,1-3H3/t21-,22-/m1/s1. The van der Waals surface area contributed by atoms with Crippen molar-refractivity contribution in [3.05, 3.63) is 64.7 Å². The number of benzene rings is 2. The first-order valence-corrected chi connectivity index (χ1v) is 9.58. The van der Waals surface area contributed by atoms with Gasteiger partial charge in [-0.2, -0.15) is 5.26 Å². The normalized spacial score (nSPS) is 18.5. The number of carbonyl (C=O) groups is 1. The van der Waals surface area contributed by atoms with Crippen LogP contribution in [0.5, 0.6) is 5.75 Å². The Balaban J connectivity index is 1.80. The van der Waals surface area contributed by atoms with Crippen LogP contribution in [0.15, 0.2) is 42.5 Å². The summed E-state index contributed by atoms with van der Waals surface area (Å²) in [7, 11) is 1.68. The number of amides is 1. The zero-order valence-electron chi connectivity index (χ0n) is 16.6. The van der Waals surface area contributed by atoms with Crippen molar-refractivity contribution >= 4 is 5.91 Å². The van der Waals surface area contributed by atoms with E-state index < -0.39 is 6.10 Å². The van der Waals surface area contributed by atoms with Crippen LogP contribution >= 0.6 is 0 Å². The third kappa shape index (κ3) is 4.35. The van der Waals surface area contributed by atoms with Crippen LogP contribution < -0.4 is 4.74 Å². The van der Waals surface area contributed by atoms with Crippen molar-refractivity contribution in [3.63, 3.8) is 0 Å². The van der Waals surface area contributed by atoms with Gasteiger partial charge >= 0.3 is 0 Å². The van der Waals surface area contributed by atoms with Crippen molar-refractivity contribution < 1.29 is 14.3 Å². The van der Waals surface area contributed by atoms with Crippen LogP contribution in [-0.4, -0.2) is 37.2 Å². The number of rotatable bonds is 8. The molecule has 2 aromatic rings. The highest BCUT2D eigenvalue weighted by Crippen LogP contribution is 2.38. The average molecular weight is 378 g/mol. The van der Waals surface area contributed by atoms with Gasteiger partial charge in [0.1, 0.15) is 11.8 Å². The van der Waals surface area contributed by atoms with E-state index in [0.717, 1.165) is 29.5 Å². The summed E-state index contributed by atoms with van der Waals surface area (Å²) in [5.41, 5.74) is 3.80. The topological polar surface area (TPSA) is 62.6 Å². The van der Waals surface area contributed by atoms with Crippen LogP contribution in [0.4, 0.5) is 0 Å². The predicted molar refractivity (Wildman–Crippen MR) is 107 cm³/mol. The number of β-lactam (4-membered cyclic amide) rings is 1. The molecule has 0 unspecified atom stereocenters. The lowest BCUT2D eigenvalue weighted by molar-refractivity contribution is -0.164. The van der Waals surface area contributed by atoms with Crippen LogP contribution in [0.3, 0.4) is 0 Å². The van der Waals surface area contributed by atoms with Gasteiger partial charge in [0.05, 0.1) is 11.6 Å². The molecule has 2 atom stereocenters. The largest absolute Gasteiger partial charge is 0.478 e. The summed E-state index contributed by atoms with van der Waals surface area (Å²) < 4.78 is 11.2. The van der Waals surface area contributed by atoms with Crippen molar-refractivity contribution in [3.8, 4) is 11.8 Å². The number of aryl methyl sites for hydroxylation is 2. The number of carbonyl (C=O) groups excluding carboxylic acids is 1. The molecule has 0 aliphatic carbocycles. The van der Waals surface area contributed by atoms with E-state index in [1.807, 2.05) is 43.0 Å². The molecule has 5 heteroatoms. The fraction of sp³-hybridized carbons (Fsp3) is 0.391. The number of hydrogen-bond acceptors (Lipinski definition) is 4. The van der Waals surface area contributed by atoms with Crippen molar-refractivity contribution in [2.24, 2.45) is 0 Å². The van der Waals surface area contributed by atoms with Gasteiger partial charge in [-0.1, -0.05) is 18.2 Å². The highest BCUT2D eigenvalue weighted by molar-refractivity contribution is 5.89. The van der Waals surface area contributed by atoms with Gasteiger partial charge in [-0.3, -0.25) is 4.79 Å². The van der Waals surface area contributed by atoms with Crippen molar-refractivity contribution in [2.45, 2.75) is 38.8 Å². The second kappa shape index (κ2) is 8.90. The molecule has 1 amide bonds. The summed E-state index contributed by atoms with van der Waals surface area (Å²) in [5.74, 6) is 0.722. The molecule has 0 aromatic heterocycles. The number of hydrogen-bond donors (Lipinski definition) is 0. The lowest BCUT2D eigenvalue weighted by Crippen LogP contribution is -2.61. The monoisotopic (exact) mass is 378 g/mol. The molecule has 2 aromatic carbocycles. The molecular formula is C23H26N2O3. The minimum atomic E-state index is -0.545. The second-order valence-corrected chi connectivity index (χ2v) is 7.27. The fourth-order valence-electron chi connectivity index (χ4n) is 3.67. The maximum Gasteiger partial charge on any atom is 0.266 e. The maximum absolute atomic E-state index is 12.8. The molecule has 0 N–H and O–H groups in total. The Hall–Kier alpha value is -2.84. The van der Waals surface area contributed by atoms with Crippen molar-refractivity contribution in [2.75, 3.05) is 20.3 Å². The molecule has 1 saturated heterocycles. The highest BCUT2D eigenvalue weighted by Gasteiger charge is 2.49. The first-order valence-electron chi connectivity index (χ1n) is 9.58. The van der Waals surface area contributed by atoms with Gasteiger partial charge in [0.2, 0.25) is 6.10 Å². The van der Waals surface area contributed by atoms with Crippen LogP contribution in [0, 0.1) is 25.2 Å². The van der Waals surface area contributed by atoms with Crippen molar-refractivity contribution in [1.82, 2.24) is 4.90 Å². The van der Waals surface area contributed by atoms with E-state index in [1.54, 1.807) is 19.2 Å². The number of likely N-dealkylation sites (tertiary alicyclic amines) is 1. The predicted octanol–water partition coefficient (Wildman–Crippen LogP) is 3.93. The molecule has 0 bridgehead atoms. The van der Waals surface area contributed by atoms with Crippen molar-refractivity contribution in [1.29, 1.82) is 5.26 Å². The third-order valence-electron chi connectivity index (χ3n) is 4.99. The van der Waals surface area contributed by atoms with Crippen LogP contribution in [-0.2, 0) is 9.53 Å². The number of unbranched alkanes of at least 4 members (excludes halogenated alkanes) is 1. The first-order chi connectivity index (χ1) is 13.5. The highest BCUT2D eigenvalue weighted by atomic mass is 16.5. The van der Waals surface area contributed by atoms with E-state index in [2.05, 4.69) is 12.1 Å². The Morgan fingerprint density at radius 2 is 1.75 bits per heavy atom. The summed E-state index contributed by atoms with van der Waals surface area (Å²) in [6.45, 7) is 5.39. The molecule has 1 aliphatic heterocycles. The summed E-state index contributed by atoms with van der Waals surface area (Å²) in [5, 5.41) is 9.05. The van der Waals surface area contributed by atoms with E-state index in [1.165, 1.54) is 0 Å². The van der Waals surface area contributed by atoms with Gasteiger partial charge in [-0.15, -0.1) is 0 Å². The number of methoxy groups -OCH3 is 1. The van der Waals surface area contributed by atoms with E-state index in [9.17, 15) is 4.79 Å². The molecule has 0 spiro atoms. The number of ether oxygens (including phenoxy) is 2. The van der Waals surface area contributed by atoms with Gasteiger partial charge in [0.25, 0.3) is 5.91 Å². The van der Waals surface area contributed by atoms with Crippen LogP contribution in [0.2, 0.25) is 0 Å². The minimum Gasteiger partial charge on any atom is -0.478 e. The van der Waals surface area contributed by atoms with Gasteiger partial charge in [0.15, 0.2) is 0 Å². The number of nitriles is 1. The van der Waals surface area contributed by atoms with Crippen LogP contribution in [0.1, 0.15) is 41.1 Å². The van der Waals surface area contributed by atoms with E-state index in [0.29, 0.717) is 24.5 Å². The van der Waals surface area contributed by atoms with E-state index in [4.69, 9.17) is 14.7 Å². The Bertz CT molecular complexity index is 850. The third-order valence-corrected chi connectivity index (χ3v) is 4.99. The SMILES string of the molecule is COCCCCN1C(=O)[C@H](Oc2cc(C)cc(C)c2)[C@H]1c1ccc(C#N)cc1. The quantitative estimate of drug-likeness (QED) is 0.516. The Kier molecular flexibility index (Phi) is 6.33. The zero-order valence-corrected chi connectivity index (χ0v) is 16.6. The molecule has 28 heavy (non-hydrogen) atoms. The van der Waals surface area contributed by atoms with E-state index in [-0.39, 0.29) is 11.9 Å². The molecule has 1 fully saturated rings. The van der Waals surface area contributed by atoms with Gasteiger partial charge in [-0.25, -0.2) is 0 Å². The van der Waals surface area contributed by atoms with Crippen LogP contribution in [0.25, 0.3) is 0 Å². The smallest absolute Gasteiger partial charge is 0.266 e. The molecule has 0 radical (unpaired) electrons. The molecule has 3 rings (SSSR count). The van der Waals surface area contributed by atoms with Gasteiger partial charge < -0.3 is 14.4 Å². The summed E-state index contributed by atoms with van der Waals surface area (Å²) in [6.07, 6.45) is 1.24. The van der Waals surface area contributed by atoms with Gasteiger partial charge in [-0.05, 0) is 67.6 Å². The molecular weight excluding hydrogens is 352 g/mol. The summed E-state index contributed by atoms with van der Waals surface area (Å²) in [4.78, 5) is 14.7. The minimum absolute atomic E-state index is 0.00550. The molecule has 5 nitrogen and oxygen atoms in total. The number of nitrogens with zero attached hydrogens (tertiary/aromatic N) is 2. The molecule has 0 saturated carbocycles. The zero-order chi connectivity index (χ0) is 20.1. The average Bonchev–Trinajstić information content (AvgIpc) is 2.68. The maximum atomic E-state index is 12.8. The summed E-state index contributed by atoms with van der Waals surface area (Å²) >= 11 is 0. The molecule has 1 aliphatic rings. The molecule has 1 heterocycles. The van der Waals surface area contributed by atoms with Gasteiger partial charge in [0, 0.05) is 20.3 Å². The first kappa shape index (κ1) is 19.9. The Labute approximate surface area is 166 Å².